The number of esters is 1. The number of methoxy groups -OCH3 is 1. The Labute approximate surface area is 220 Å². The van der Waals surface area contributed by atoms with Crippen LogP contribution in [0.15, 0.2) is 77.4 Å². The van der Waals surface area contributed by atoms with Crippen molar-refractivity contribution in [3.05, 3.63) is 101 Å². The maximum atomic E-state index is 14.4. The molecule has 2 aliphatic heterocycles. The lowest BCUT2D eigenvalue weighted by Gasteiger charge is -2.33. The van der Waals surface area contributed by atoms with E-state index in [0.717, 1.165) is 44.9 Å². The summed E-state index contributed by atoms with van der Waals surface area (Å²) in [5, 5.41) is 3.62. The highest BCUT2D eigenvalue weighted by Crippen LogP contribution is 2.50. The Balaban J connectivity index is 1.44. The fraction of sp³-hybridized carbons (Fsp3) is 0.194. The van der Waals surface area contributed by atoms with Crippen LogP contribution in [0.5, 0.6) is 11.5 Å². The van der Waals surface area contributed by atoms with Gasteiger partial charge in [-0.1, -0.05) is 12.1 Å². The lowest BCUT2D eigenvalue weighted by molar-refractivity contribution is 0.0701. The largest absolute Gasteiger partial charge is 0.496 e. The number of nitrogens with zero attached hydrogens (tertiary/aromatic N) is 1. The molecule has 0 aliphatic carbocycles. The van der Waals surface area contributed by atoms with Crippen LogP contribution < -0.4 is 19.7 Å². The van der Waals surface area contributed by atoms with Gasteiger partial charge in [0.1, 0.15) is 17.3 Å². The van der Waals surface area contributed by atoms with Crippen LogP contribution in [-0.2, 0) is 6.54 Å². The zero-order valence-electron chi connectivity index (χ0n) is 21.6. The number of aryl methyl sites for hydroxylation is 1. The summed E-state index contributed by atoms with van der Waals surface area (Å²) in [6, 6.07) is 17.6. The fourth-order valence-electron chi connectivity index (χ4n) is 5.31. The van der Waals surface area contributed by atoms with E-state index in [1.807, 2.05) is 19.1 Å². The first-order chi connectivity index (χ1) is 18.2. The molecule has 0 saturated heterocycles. The average molecular weight is 511 g/mol. The monoisotopic (exact) mass is 510 g/mol. The van der Waals surface area contributed by atoms with Crippen molar-refractivity contribution in [3.8, 4) is 22.6 Å². The molecule has 1 N–H and O–H groups in total. The van der Waals surface area contributed by atoms with Gasteiger partial charge in [0.05, 0.1) is 18.9 Å². The van der Waals surface area contributed by atoms with Gasteiger partial charge >= 0.3 is 5.97 Å². The van der Waals surface area contributed by atoms with E-state index in [1.165, 1.54) is 12.3 Å². The van der Waals surface area contributed by atoms with Gasteiger partial charge in [-0.05, 0) is 86.0 Å². The van der Waals surface area contributed by atoms with Gasteiger partial charge in [0.25, 0.3) is 0 Å². The van der Waals surface area contributed by atoms with E-state index in [-0.39, 0.29) is 17.1 Å². The van der Waals surface area contributed by atoms with E-state index in [1.54, 1.807) is 37.4 Å². The standard InChI is InChI=1S/C31H27FN2O4/c1-18-7-8-19(32)14-25(18)34-17-23-21(11-12-24-29(23)26(34)16-31(2,3)33-24)22-10-9-20(15-28(22)36-4)38-30(35)27-6-5-13-37-27/h5-16,33H,17H2,1-4H3. The fourth-order valence-corrected chi connectivity index (χ4v) is 5.31. The molecule has 6 nitrogen and oxygen atoms in total. The van der Waals surface area contributed by atoms with Gasteiger partial charge in [0, 0.05) is 40.8 Å². The number of rotatable bonds is 5. The molecule has 0 saturated carbocycles. The number of nitrogens with one attached hydrogen (secondary N) is 1. The van der Waals surface area contributed by atoms with Crippen molar-refractivity contribution in [2.75, 3.05) is 17.3 Å². The van der Waals surface area contributed by atoms with Crippen molar-refractivity contribution in [2.24, 2.45) is 0 Å². The third kappa shape index (κ3) is 4.00. The number of halogens is 1. The maximum absolute atomic E-state index is 14.4. The first kappa shape index (κ1) is 23.9. The van der Waals surface area contributed by atoms with Gasteiger partial charge in [-0.15, -0.1) is 0 Å². The zero-order valence-corrected chi connectivity index (χ0v) is 21.6. The third-order valence-electron chi connectivity index (χ3n) is 6.99. The zero-order chi connectivity index (χ0) is 26.6. The minimum absolute atomic E-state index is 0.124. The summed E-state index contributed by atoms with van der Waals surface area (Å²) in [5.41, 5.74) is 7.72. The molecule has 3 aromatic carbocycles. The van der Waals surface area contributed by atoms with Crippen molar-refractivity contribution in [2.45, 2.75) is 32.9 Å². The highest BCUT2D eigenvalue weighted by atomic mass is 19.1. The third-order valence-corrected chi connectivity index (χ3v) is 6.99. The molecule has 0 fully saturated rings. The van der Waals surface area contributed by atoms with Crippen molar-refractivity contribution >= 4 is 23.0 Å². The SMILES string of the molecule is COc1cc(OC(=O)c2ccco2)ccc1-c1ccc2c3c1CN(c1cc(F)ccc1C)C3=CC(C)(C)N2. The van der Waals surface area contributed by atoms with Crippen LogP contribution in [0, 0.1) is 12.7 Å². The number of ether oxygens (including phenoxy) is 2. The highest BCUT2D eigenvalue weighted by molar-refractivity contribution is 5.98. The molecule has 1 aromatic heterocycles. The first-order valence-electron chi connectivity index (χ1n) is 12.4. The Hall–Kier alpha value is -4.52. The molecule has 0 atom stereocenters. The Kier molecular flexibility index (Phi) is 5.52. The van der Waals surface area contributed by atoms with Crippen molar-refractivity contribution < 1.29 is 23.1 Å². The molecule has 38 heavy (non-hydrogen) atoms. The minimum atomic E-state index is -0.582. The van der Waals surface area contributed by atoms with Gasteiger partial charge in [-0.25, -0.2) is 9.18 Å². The number of hydrogen-bond donors (Lipinski definition) is 1. The molecule has 3 heterocycles. The molecule has 0 unspecified atom stereocenters. The molecule has 0 bridgehead atoms. The van der Waals surface area contributed by atoms with Crippen LogP contribution >= 0.6 is 0 Å². The predicted molar refractivity (Wildman–Crippen MR) is 145 cm³/mol. The van der Waals surface area contributed by atoms with Gasteiger partial charge in [0.2, 0.25) is 5.76 Å². The molecule has 0 amide bonds. The molecule has 2 aliphatic rings. The van der Waals surface area contributed by atoms with Crippen LogP contribution in [0.2, 0.25) is 0 Å². The van der Waals surface area contributed by atoms with Gasteiger partial charge in [-0.3, -0.25) is 0 Å². The van der Waals surface area contributed by atoms with E-state index >= 15 is 0 Å². The van der Waals surface area contributed by atoms with Crippen LogP contribution in [0.3, 0.4) is 0 Å². The molecule has 0 spiro atoms. The van der Waals surface area contributed by atoms with Crippen LogP contribution in [0.25, 0.3) is 16.8 Å². The topological polar surface area (TPSA) is 63.9 Å². The highest BCUT2D eigenvalue weighted by Gasteiger charge is 2.37. The van der Waals surface area contributed by atoms with E-state index in [9.17, 15) is 9.18 Å². The van der Waals surface area contributed by atoms with Crippen molar-refractivity contribution in [1.82, 2.24) is 0 Å². The number of carbonyl (C=O) groups excluding carboxylic acids is 1. The molecule has 4 aromatic rings. The Morgan fingerprint density at radius 1 is 1.08 bits per heavy atom. The van der Waals surface area contributed by atoms with E-state index in [4.69, 9.17) is 13.9 Å². The average Bonchev–Trinajstić information content (AvgIpc) is 3.55. The minimum Gasteiger partial charge on any atom is -0.496 e. The lowest BCUT2D eigenvalue weighted by atomic mass is 9.89. The number of benzene rings is 3. The Bertz CT molecular complexity index is 1600. The van der Waals surface area contributed by atoms with E-state index in [0.29, 0.717) is 18.0 Å². The molecule has 192 valence electrons. The van der Waals surface area contributed by atoms with Crippen LogP contribution in [0.4, 0.5) is 15.8 Å². The first-order valence-corrected chi connectivity index (χ1v) is 12.4. The summed E-state index contributed by atoms with van der Waals surface area (Å²) in [7, 11) is 1.59. The summed E-state index contributed by atoms with van der Waals surface area (Å²) in [4.78, 5) is 14.6. The second-order valence-corrected chi connectivity index (χ2v) is 10.1. The summed E-state index contributed by atoms with van der Waals surface area (Å²) in [6.07, 6.45) is 3.63. The number of furan rings is 1. The Morgan fingerprint density at radius 2 is 1.89 bits per heavy atom. The number of carbonyl (C=O) groups is 1. The number of anilines is 2. The van der Waals surface area contributed by atoms with E-state index in [2.05, 4.69) is 42.3 Å². The second-order valence-electron chi connectivity index (χ2n) is 10.1. The van der Waals surface area contributed by atoms with Gasteiger partial charge in [-0.2, -0.15) is 0 Å². The molecule has 6 rings (SSSR count). The molecular formula is C31H27FN2O4. The predicted octanol–water partition coefficient (Wildman–Crippen LogP) is 7.19. The quantitative estimate of drug-likeness (QED) is 0.227. The summed E-state index contributed by atoms with van der Waals surface area (Å²) >= 11 is 0. The van der Waals surface area contributed by atoms with Crippen LogP contribution in [-0.4, -0.2) is 18.6 Å². The smallest absolute Gasteiger partial charge is 0.379 e. The summed E-state index contributed by atoms with van der Waals surface area (Å²) in [5.74, 6) is 0.195. The molecule has 7 heteroatoms. The van der Waals surface area contributed by atoms with Gasteiger partial charge < -0.3 is 24.1 Å². The number of hydrogen-bond acceptors (Lipinski definition) is 6. The molecule has 0 radical (unpaired) electrons. The normalized spacial score (nSPS) is 15.0. The van der Waals surface area contributed by atoms with E-state index < -0.39 is 5.97 Å². The maximum Gasteiger partial charge on any atom is 0.379 e. The van der Waals surface area contributed by atoms with Crippen LogP contribution in [0.1, 0.15) is 41.1 Å². The summed E-state index contributed by atoms with van der Waals surface area (Å²) in [6.45, 7) is 6.82. The lowest BCUT2D eigenvalue weighted by Crippen LogP contribution is -2.33. The van der Waals surface area contributed by atoms with Gasteiger partial charge in [0.15, 0.2) is 0 Å². The van der Waals surface area contributed by atoms with Crippen molar-refractivity contribution in [3.63, 3.8) is 0 Å². The van der Waals surface area contributed by atoms with Crippen molar-refractivity contribution in [1.29, 1.82) is 0 Å². The molecular weight excluding hydrogens is 483 g/mol. The summed E-state index contributed by atoms with van der Waals surface area (Å²) < 4.78 is 30.7. The second kappa shape index (κ2) is 8.80. The Morgan fingerprint density at radius 3 is 2.66 bits per heavy atom.